The molecule has 126 valence electrons. The summed E-state index contributed by atoms with van der Waals surface area (Å²) in [5, 5.41) is 11.2. The molecule has 1 aromatic carbocycles. The number of amides is 1. The molecule has 0 aliphatic rings. The summed E-state index contributed by atoms with van der Waals surface area (Å²) in [6.45, 7) is 2.24. The largest absolute Gasteiger partial charge is 0.414 e. The van der Waals surface area contributed by atoms with Crippen molar-refractivity contribution in [3.05, 3.63) is 48.2 Å². The number of carbonyl (C=O) groups excluding carboxylic acids is 1. The number of hydrogen-bond acceptors (Lipinski definition) is 4. The van der Waals surface area contributed by atoms with E-state index >= 15 is 0 Å². The molecule has 24 heavy (non-hydrogen) atoms. The number of fused-ring (bicyclic) bond motifs is 3. The minimum atomic E-state index is -1.01. The Morgan fingerprint density at radius 2 is 2.04 bits per heavy atom. The van der Waals surface area contributed by atoms with Gasteiger partial charge in [0.05, 0.1) is 11.0 Å². The van der Waals surface area contributed by atoms with E-state index in [0.29, 0.717) is 17.9 Å². The average molecular weight is 328 g/mol. The van der Waals surface area contributed by atoms with Crippen LogP contribution < -0.4 is 4.74 Å². The minimum Gasteiger partial charge on any atom is -0.410 e. The fourth-order valence-corrected chi connectivity index (χ4v) is 2.71. The molecule has 1 unspecified atom stereocenters. The molecule has 0 spiro atoms. The fourth-order valence-electron chi connectivity index (χ4n) is 2.71. The molecule has 0 radical (unpaired) electrons. The number of hydrogen-bond donors (Lipinski definition) is 1. The number of aromatic nitrogens is 1. The third kappa shape index (κ3) is 2.81. The molecule has 6 heteroatoms. The van der Waals surface area contributed by atoms with Crippen LogP contribution in [0.4, 0.5) is 4.79 Å². The highest BCUT2D eigenvalue weighted by Crippen LogP contribution is 2.34. The molecule has 1 amide bonds. The lowest BCUT2D eigenvalue weighted by molar-refractivity contribution is -0.0960. The summed E-state index contributed by atoms with van der Waals surface area (Å²) in [7, 11) is 3.26. The highest BCUT2D eigenvalue weighted by molar-refractivity contribution is 5.93. The molecule has 0 saturated carbocycles. The van der Waals surface area contributed by atoms with E-state index < -0.39 is 12.4 Å². The van der Waals surface area contributed by atoms with Crippen LogP contribution in [0.5, 0.6) is 5.75 Å². The van der Waals surface area contributed by atoms with E-state index in [2.05, 4.69) is 0 Å². The van der Waals surface area contributed by atoms with Gasteiger partial charge in [-0.2, -0.15) is 0 Å². The summed E-state index contributed by atoms with van der Waals surface area (Å²) in [6.07, 6.45) is 0.446. The first kappa shape index (κ1) is 16.3. The van der Waals surface area contributed by atoms with Gasteiger partial charge in [-0.3, -0.25) is 0 Å². The molecule has 0 fully saturated rings. The maximum Gasteiger partial charge on any atom is 0.414 e. The van der Waals surface area contributed by atoms with Crippen molar-refractivity contribution < 1.29 is 19.4 Å². The Hall–Kier alpha value is -2.57. The van der Waals surface area contributed by atoms with Crippen LogP contribution in [-0.4, -0.2) is 41.2 Å². The summed E-state index contributed by atoms with van der Waals surface area (Å²) in [4.78, 5) is 13.1. The lowest BCUT2D eigenvalue weighted by atomic mass is 10.1. The van der Waals surface area contributed by atoms with Crippen molar-refractivity contribution >= 4 is 22.5 Å². The Morgan fingerprint density at radius 3 is 2.75 bits per heavy atom. The molecular weight excluding hydrogens is 308 g/mol. The number of benzene rings is 1. The lowest BCUT2D eigenvalue weighted by Crippen LogP contribution is -2.25. The number of nitrogens with zero attached hydrogens (tertiary/aromatic N) is 2. The van der Waals surface area contributed by atoms with Crippen molar-refractivity contribution in [3.63, 3.8) is 0 Å². The molecule has 6 nitrogen and oxygen atoms in total. The van der Waals surface area contributed by atoms with E-state index in [9.17, 15) is 9.90 Å². The van der Waals surface area contributed by atoms with Crippen LogP contribution >= 0.6 is 0 Å². The zero-order valence-corrected chi connectivity index (χ0v) is 13.9. The van der Waals surface area contributed by atoms with Gasteiger partial charge in [0.2, 0.25) is 0 Å². The van der Waals surface area contributed by atoms with Crippen molar-refractivity contribution in [2.75, 3.05) is 20.7 Å². The third-order valence-electron chi connectivity index (χ3n) is 3.80. The summed E-state index contributed by atoms with van der Waals surface area (Å²) < 4.78 is 12.7. The van der Waals surface area contributed by atoms with Crippen LogP contribution in [0.3, 0.4) is 0 Å². The lowest BCUT2D eigenvalue weighted by Gasteiger charge is -2.11. The predicted octanol–water partition coefficient (Wildman–Crippen LogP) is 3.18. The van der Waals surface area contributed by atoms with Gasteiger partial charge in [0.15, 0.2) is 6.29 Å². The zero-order chi connectivity index (χ0) is 17.3. The van der Waals surface area contributed by atoms with Crippen LogP contribution in [0.1, 0.15) is 18.8 Å². The third-order valence-corrected chi connectivity index (χ3v) is 3.80. The van der Waals surface area contributed by atoms with Crippen molar-refractivity contribution in [2.45, 2.75) is 13.2 Å². The highest BCUT2D eigenvalue weighted by atomic mass is 16.6. The summed E-state index contributed by atoms with van der Waals surface area (Å²) in [5.74, 6) is 0.446. The number of aliphatic hydroxyl groups excluding tert-OH is 1. The fraction of sp³-hybridized carbons (Fsp3) is 0.278. The van der Waals surface area contributed by atoms with Crippen molar-refractivity contribution in [3.8, 4) is 5.75 Å². The molecule has 0 aliphatic carbocycles. The minimum absolute atomic E-state index is 0.408. The normalized spacial score (nSPS) is 12.5. The number of rotatable bonds is 4. The maximum atomic E-state index is 11.7. The Labute approximate surface area is 139 Å². The molecule has 3 aromatic rings. The Morgan fingerprint density at radius 1 is 1.25 bits per heavy atom. The Bertz CT molecular complexity index is 885. The van der Waals surface area contributed by atoms with Gasteiger partial charge < -0.3 is 23.9 Å². The quantitative estimate of drug-likeness (QED) is 0.747. The Balaban J connectivity index is 2.16. The van der Waals surface area contributed by atoms with E-state index in [1.54, 1.807) is 26.2 Å². The van der Waals surface area contributed by atoms with Gasteiger partial charge in [-0.25, -0.2) is 4.79 Å². The van der Waals surface area contributed by atoms with Gasteiger partial charge in [-0.05, 0) is 31.2 Å². The van der Waals surface area contributed by atoms with Crippen LogP contribution in [0, 0.1) is 0 Å². The first-order valence-corrected chi connectivity index (χ1v) is 7.74. The molecular formula is C18H20N2O4. The van der Waals surface area contributed by atoms with Crippen LogP contribution in [0.15, 0.2) is 42.6 Å². The first-order chi connectivity index (χ1) is 11.5. The first-order valence-electron chi connectivity index (χ1n) is 7.74. The number of carbonyl (C=O) groups is 1. The molecule has 2 heterocycles. The maximum absolute atomic E-state index is 11.7. The van der Waals surface area contributed by atoms with E-state index in [0.717, 1.165) is 16.4 Å². The molecule has 2 aromatic heterocycles. The van der Waals surface area contributed by atoms with Crippen molar-refractivity contribution in [1.82, 2.24) is 9.30 Å². The molecule has 3 rings (SSSR count). The van der Waals surface area contributed by atoms with Gasteiger partial charge in [0.1, 0.15) is 5.75 Å². The Kier molecular flexibility index (Phi) is 4.42. The number of ether oxygens (including phenoxy) is 2. The smallest absolute Gasteiger partial charge is 0.410 e. The summed E-state index contributed by atoms with van der Waals surface area (Å²) in [5.41, 5.74) is 2.39. The van der Waals surface area contributed by atoms with Gasteiger partial charge in [0, 0.05) is 43.9 Å². The van der Waals surface area contributed by atoms with Gasteiger partial charge in [0.25, 0.3) is 0 Å². The zero-order valence-electron chi connectivity index (χ0n) is 13.9. The highest BCUT2D eigenvalue weighted by Gasteiger charge is 2.19. The van der Waals surface area contributed by atoms with Gasteiger partial charge in [-0.15, -0.1) is 0 Å². The average Bonchev–Trinajstić information content (AvgIpc) is 2.89. The molecule has 1 N–H and O–H groups in total. The summed E-state index contributed by atoms with van der Waals surface area (Å²) >= 11 is 0. The SMILES string of the molecule is CCOC(O)c1c2ccc(OC(=O)N(C)C)cc2n2ccccc12. The second-order valence-corrected chi connectivity index (χ2v) is 5.62. The standard InChI is InChI=1S/C18H20N2O4/c1-4-23-17(21)16-13-9-8-12(24-18(22)19(2)3)11-15(13)20-10-6-5-7-14(16)20/h5-11,17,21H,4H2,1-3H3. The van der Waals surface area contributed by atoms with Gasteiger partial charge >= 0.3 is 6.09 Å². The van der Waals surface area contributed by atoms with E-state index in [1.165, 1.54) is 4.90 Å². The predicted molar refractivity (Wildman–Crippen MR) is 91.2 cm³/mol. The van der Waals surface area contributed by atoms with Crippen LogP contribution in [0.25, 0.3) is 16.4 Å². The van der Waals surface area contributed by atoms with E-state index in [-0.39, 0.29) is 0 Å². The second-order valence-electron chi connectivity index (χ2n) is 5.62. The number of aliphatic hydroxyl groups is 1. The van der Waals surface area contributed by atoms with Gasteiger partial charge in [-0.1, -0.05) is 6.07 Å². The topological polar surface area (TPSA) is 63.4 Å². The van der Waals surface area contributed by atoms with Crippen LogP contribution in [0.2, 0.25) is 0 Å². The number of pyridine rings is 1. The molecule has 1 atom stereocenters. The molecule has 0 bridgehead atoms. The van der Waals surface area contributed by atoms with Crippen molar-refractivity contribution in [2.24, 2.45) is 0 Å². The van der Waals surface area contributed by atoms with E-state index in [1.807, 2.05) is 41.8 Å². The second kappa shape index (κ2) is 6.51. The molecule has 0 saturated heterocycles. The van der Waals surface area contributed by atoms with Crippen molar-refractivity contribution in [1.29, 1.82) is 0 Å². The molecule has 0 aliphatic heterocycles. The van der Waals surface area contributed by atoms with Crippen LogP contribution in [-0.2, 0) is 4.74 Å². The van der Waals surface area contributed by atoms with E-state index in [4.69, 9.17) is 9.47 Å². The monoisotopic (exact) mass is 328 g/mol. The summed E-state index contributed by atoms with van der Waals surface area (Å²) in [6, 6.07) is 11.1.